The van der Waals surface area contributed by atoms with Gasteiger partial charge in [-0.05, 0) is 37.1 Å². The third-order valence-electron chi connectivity index (χ3n) is 6.43. The molecule has 196 valence electrons. The molecule has 0 atom stereocenters. The van der Waals surface area contributed by atoms with Crippen molar-refractivity contribution in [1.82, 2.24) is 29.5 Å². The van der Waals surface area contributed by atoms with E-state index in [0.717, 1.165) is 57.4 Å². The number of hydrogen-bond donors (Lipinski definition) is 0. The number of rotatable bonds is 10. The van der Waals surface area contributed by atoms with E-state index < -0.39 is 0 Å². The Bertz CT molecular complexity index is 1520. The van der Waals surface area contributed by atoms with Crippen LogP contribution >= 0.6 is 0 Å². The second kappa shape index (κ2) is 10.9. The predicted molar refractivity (Wildman–Crippen MR) is 149 cm³/mol. The molecule has 0 aliphatic carbocycles. The topological polar surface area (TPSA) is 83.1 Å². The monoisotopic (exact) mass is 511 g/mol. The van der Waals surface area contributed by atoms with Crippen LogP contribution in [0, 0.1) is 12.8 Å². The van der Waals surface area contributed by atoms with E-state index in [4.69, 9.17) is 14.5 Å². The van der Waals surface area contributed by atoms with Crippen molar-refractivity contribution < 1.29 is 9.47 Å². The van der Waals surface area contributed by atoms with Gasteiger partial charge in [0.2, 0.25) is 0 Å². The van der Waals surface area contributed by atoms with Crippen LogP contribution in [0.4, 0.5) is 11.4 Å². The van der Waals surface area contributed by atoms with Gasteiger partial charge in [-0.1, -0.05) is 13.8 Å². The Morgan fingerprint density at radius 2 is 1.68 bits per heavy atom. The lowest BCUT2D eigenvalue weighted by atomic mass is 10.2. The molecule has 0 aliphatic heterocycles. The van der Waals surface area contributed by atoms with Crippen LogP contribution in [0.3, 0.4) is 0 Å². The van der Waals surface area contributed by atoms with E-state index in [0.29, 0.717) is 19.0 Å². The molecule has 0 spiro atoms. The smallest absolute Gasteiger partial charge is 0.124 e. The summed E-state index contributed by atoms with van der Waals surface area (Å²) in [7, 11) is 3.32. The second-order valence-electron chi connectivity index (χ2n) is 9.69. The van der Waals surface area contributed by atoms with Crippen molar-refractivity contribution in [2.24, 2.45) is 5.92 Å². The number of aromatic nitrogens is 6. The van der Waals surface area contributed by atoms with E-state index in [1.165, 1.54) is 0 Å². The summed E-state index contributed by atoms with van der Waals surface area (Å²) >= 11 is 0. The summed E-state index contributed by atoms with van der Waals surface area (Å²) in [5, 5.41) is 8.96. The van der Waals surface area contributed by atoms with Crippen LogP contribution in [-0.2, 0) is 13.1 Å². The van der Waals surface area contributed by atoms with Gasteiger partial charge in [0.25, 0.3) is 0 Å². The number of benzene rings is 2. The van der Waals surface area contributed by atoms with Crippen molar-refractivity contribution in [3.05, 3.63) is 72.9 Å². The minimum Gasteiger partial charge on any atom is -0.497 e. The molecule has 0 amide bonds. The minimum absolute atomic E-state index is 0.514. The van der Waals surface area contributed by atoms with Gasteiger partial charge in [-0.25, -0.2) is 4.98 Å². The van der Waals surface area contributed by atoms with Gasteiger partial charge in [-0.15, -0.1) is 0 Å². The number of aryl methyl sites for hydroxylation is 1. The highest BCUT2D eigenvalue weighted by Crippen LogP contribution is 2.34. The largest absolute Gasteiger partial charge is 0.497 e. The van der Waals surface area contributed by atoms with Gasteiger partial charge in [-0.3, -0.25) is 14.3 Å². The van der Waals surface area contributed by atoms with E-state index in [1.807, 2.05) is 64.5 Å². The van der Waals surface area contributed by atoms with Gasteiger partial charge in [-0.2, -0.15) is 10.2 Å². The lowest BCUT2D eigenvalue weighted by molar-refractivity contribution is 0.394. The lowest BCUT2D eigenvalue weighted by Crippen LogP contribution is -2.23. The second-order valence-corrected chi connectivity index (χ2v) is 9.69. The van der Waals surface area contributed by atoms with Gasteiger partial charge in [0.05, 0.1) is 49.9 Å². The van der Waals surface area contributed by atoms with E-state index in [-0.39, 0.29) is 0 Å². The average molecular weight is 512 g/mol. The molecule has 0 saturated heterocycles. The Hall–Kier alpha value is -4.40. The van der Waals surface area contributed by atoms with E-state index in [9.17, 15) is 0 Å². The minimum atomic E-state index is 0.514. The highest BCUT2D eigenvalue weighted by molar-refractivity contribution is 5.82. The Morgan fingerprint density at radius 3 is 2.37 bits per heavy atom. The third kappa shape index (κ3) is 5.46. The molecule has 0 fully saturated rings. The average Bonchev–Trinajstić information content (AvgIpc) is 3.56. The Kier molecular flexibility index (Phi) is 7.26. The molecule has 0 aliphatic rings. The van der Waals surface area contributed by atoms with Crippen molar-refractivity contribution in [2.75, 3.05) is 25.7 Å². The quantitative estimate of drug-likeness (QED) is 0.244. The molecule has 0 bridgehead atoms. The van der Waals surface area contributed by atoms with E-state index >= 15 is 0 Å². The van der Waals surface area contributed by atoms with Crippen molar-refractivity contribution in [2.45, 2.75) is 33.9 Å². The molecular weight excluding hydrogens is 478 g/mol. The van der Waals surface area contributed by atoms with Crippen molar-refractivity contribution >= 4 is 22.4 Å². The van der Waals surface area contributed by atoms with Gasteiger partial charge >= 0.3 is 0 Å². The summed E-state index contributed by atoms with van der Waals surface area (Å²) in [6.07, 6.45) is 7.51. The summed E-state index contributed by atoms with van der Waals surface area (Å²) in [6, 6.07) is 14.0. The third-order valence-corrected chi connectivity index (χ3v) is 6.43. The van der Waals surface area contributed by atoms with Crippen LogP contribution in [0.15, 0.2) is 67.3 Å². The Labute approximate surface area is 222 Å². The number of methoxy groups -OCH3 is 2. The summed E-state index contributed by atoms with van der Waals surface area (Å²) in [5.41, 5.74) is 6.44. The molecule has 9 heteroatoms. The first-order valence-corrected chi connectivity index (χ1v) is 12.7. The van der Waals surface area contributed by atoms with Crippen LogP contribution < -0.4 is 14.4 Å². The zero-order chi connectivity index (χ0) is 26.6. The fraction of sp³-hybridized carbons (Fsp3) is 0.310. The van der Waals surface area contributed by atoms with Gasteiger partial charge in [0.1, 0.15) is 11.5 Å². The SMILES string of the molecule is COc1cc(OC)cc(N(CCn2nccc2C)c2ccc3ncc(-c4cnn(CC(C)C)c4)nc3c2)c1. The first-order valence-electron chi connectivity index (χ1n) is 12.7. The number of hydrogen-bond acceptors (Lipinski definition) is 7. The molecule has 3 heterocycles. The van der Waals surface area contributed by atoms with Crippen LogP contribution in [0.5, 0.6) is 11.5 Å². The summed E-state index contributed by atoms with van der Waals surface area (Å²) in [4.78, 5) is 11.9. The van der Waals surface area contributed by atoms with Gasteiger partial charge < -0.3 is 14.4 Å². The van der Waals surface area contributed by atoms with E-state index in [1.54, 1.807) is 14.2 Å². The van der Waals surface area contributed by atoms with Crippen LogP contribution in [0.1, 0.15) is 19.5 Å². The van der Waals surface area contributed by atoms with Crippen molar-refractivity contribution in [3.8, 4) is 22.8 Å². The first-order chi connectivity index (χ1) is 18.4. The zero-order valence-electron chi connectivity index (χ0n) is 22.5. The molecule has 3 aromatic heterocycles. The first kappa shape index (κ1) is 25.3. The maximum absolute atomic E-state index is 5.56. The van der Waals surface area contributed by atoms with Crippen molar-refractivity contribution in [3.63, 3.8) is 0 Å². The van der Waals surface area contributed by atoms with Crippen LogP contribution in [0.25, 0.3) is 22.3 Å². The molecular formula is C29H33N7O2. The fourth-order valence-electron chi connectivity index (χ4n) is 4.46. The maximum atomic E-state index is 5.56. The Balaban J connectivity index is 1.54. The molecule has 9 nitrogen and oxygen atoms in total. The van der Waals surface area contributed by atoms with Crippen molar-refractivity contribution in [1.29, 1.82) is 0 Å². The molecule has 5 rings (SSSR count). The van der Waals surface area contributed by atoms with Gasteiger partial charge in [0.15, 0.2) is 0 Å². The molecule has 38 heavy (non-hydrogen) atoms. The molecule has 5 aromatic rings. The fourth-order valence-corrected chi connectivity index (χ4v) is 4.46. The van der Waals surface area contributed by atoms with E-state index in [2.05, 4.69) is 53.0 Å². The van der Waals surface area contributed by atoms with Crippen LogP contribution in [0.2, 0.25) is 0 Å². The molecule has 0 radical (unpaired) electrons. The Morgan fingerprint density at radius 1 is 0.895 bits per heavy atom. The molecule has 0 N–H and O–H groups in total. The molecule has 0 saturated carbocycles. The maximum Gasteiger partial charge on any atom is 0.124 e. The number of anilines is 2. The normalized spacial score (nSPS) is 11.3. The number of fused-ring (bicyclic) bond motifs is 1. The highest BCUT2D eigenvalue weighted by atomic mass is 16.5. The summed E-state index contributed by atoms with van der Waals surface area (Å²) in [5.74, 6) is 1.96. The van der Waals surface area contributed by atoms with Crippen LogP contribution in [-0.4, -0.2) is 50.3 Å². The number of nitrogens with zero attached hydrogens (tertiary/aromatic N) is 7. The molecule has 2 aromatic carbocycles. The number of ether oxygens (including phenoxy) is 2. The lowest BCUT2D eigenvalue weighted by Gasteiger charge is -2.26. The standard InChI is InChI=1S/C29H33N7O2/c1-20(2)18-34-19-22(16-32-34)29-17-30-27-7-6-23(14-28(27)33-29)35(10-11-36-21(3)8-9-31-36)24-12-25(37-4)15-26(13-24)38-5/h6-9,12-17,19-20H,10-11,18H2,1-5H3. The summed E-state index contributed by atoms with van der Waals surface area (Å²) < 4.78 is 15.1. The zero-order valence-corrected chi connectivity index (χ0v) is 22.5. The van der Waals surface area contributed by atoms with Gasteiger partial charge in [0, 0.05) is 66.3 Å². The molecule has 0 unspecified atom stereocenters. The summed E-state index contributed by atoms with van der Waals surface area (Å²) in [6.45, 7) is 8.66. The highest BCUT2D eigenvalue weighted by Gasteiger charge is 2.15. The predicted octanol–water partition coefficient (Wildman–Crippen LogP) is 5.51.